The van der Waals surface area contributed by atoms with E-state index in [0.717, 1.165) is 18.7 Å². The van der Waals surface area contributed by atoms with Gasteiger partial charge < -0.3 is 24.2 Å². The number of benzene rings is 3. The number of likely N-dealkylation sites (tertiary alicyclic amines) is 1. The molecule has 2 aliphatic rings. The molecule has 0 radical (unpaired) electrons. The minimum absolute atomic E-state index is 0.00172. The number of carbonyl (C=O) groups is 2. The fraction of sp³-hybridized carbons (Fsp3) is 0.355. The van der Waals surface area contributed by atoms with Crippen molar-refractivity contribution in [3.05, 3.63) is 89.2 Å². The van der Waals surface area contributed by atoms with E-state index in [0.29, 0.717) is 24.6 Å². The van der Waals surface area contributed by atoms with Gasteiger partial charge in [0.2, 0.25) is 5.91 Å². The van der Waals surface area contributed by atoms with Gasteiger partial charge >= 0.3 is 0 Å². The maximum atomic E-state index is 14.5. The molecule has 3 aromatic carbocycles. The summed E-state index contributed by atoms with van der Waals surface area (Å²) < 4.78 is 25.6. The molecular formula is C31H34FN3O4. The van der Waals surface area contributed by atoms with Crippen molar-refractivity contribution in [1.82, 2.24) is 9.80 Å². The Labute approximate surface area is 228 Å². The second-order valence-electron chi connectivity index (χ2n) is 10.1. The average Bonchev–Trinajstić information content (AvgIpc) is 3.42. The van der Waals surface area contributed by atoms with Crippen LogP contribution in [-0.2, 0) is 4.79 Å². The van der Waals surface area contributed by atoms with Crippen LogP contribution in [0.1, 0.15) is 27.4 Å². The van der Waals surface area contributed by atoms with Gasteiger partial charge in [0.25, 0.3) is 5.91 Å². The molecule has 0 saturated carbocycles. The Morgan fingerprint density at radius 2 is 1.56 bits per heavy atom. The molecule has 39 heavy (non-hydrogen) atoms. The topological polar surface area (TPSA) is 62.3 Å². The Morgan fingerprint density at radius 1 is 0.846 bits per heavy atom. The highest BCUT2D eigenvalue weighted by Gasteiger charge is 2.44. The monoisotopic (exact) mass is 531 g/mol. The first kappa shape index (κ1) is 26.5. The molecular weight excluding hydrogens is 497 g/mol. The van der Waals surface area contributed by atoms with E-state index in [1.165, 1.54) is 23.4 Å². The van der Waals surface area contributed by atoms with Gasteiger partial charge in [0.05, 0.1) is 25.7 Å². The third-order valence-electron chi connectivity index (χ3n) is 7.91. The number of piperazine rings is 1. The molecule has 2 saturated heterocycles. The van der Waals surface area contributed by atoms with Gasteiger partial charge in [-0.05, 0) is 48.9 Å². The molecule has 2 fully saturated rings. The molecule has 204 valence electrons. The second-order valence-corrected chi connectivity index (χ2v) is 10.1. The van der Waals surface area contributed by atoms with Gasteiger partial charge in [0.15, 0.2) is 0 Å². The smallest absolute Gasteiger partial charge is 0.256 e. The maximum Gasteiger partial charge on any atom is 0.256 e. The number of hydrogen-bond donors (Lipinski definition) is 0. The van der Waals surface area contributed by atoms with E-state index in [9.17, 15) is 14.0 Å². The number of carbonyl (C=O) groups excluding carboxylic acids is 2. The van der Waals surface area contributed by atoms with E-state index in [1.807, 2.05) is 29.2 Å². The van der Waals surface area contributed by atoms with Gasteiger partial charge in [-0.15, -0.1) is 0 Å². The zero-order valence-corrected chi connectivity index (χ0v) is 22.6. The molecule has 3 aromatic rings. The molecule has 2 atom stereocenters. The molecule has 2 aliphatic heterocycles. The summed E-state index contributed by atoms with van der Waals surface area (Å²) >= 11 is 0. The second kappa shape index (κ2) is 11.4. The van der Waals surface area contributed by atoms with Crippen molar-refractivity contribution >= 4 is 17.5 Å². The summed E-state index contributed by atoms with van der Waals surface area (Å²) in [7, 11) is 3.18. The SMILES string of the molecule is COc1ccc(OC)c(C2CN(C(=O)c3ccccc3F)CC2C(=O)N2CCN(c3ccccc3C)CC2)c1. The lowest BCUT2D eigenvalue weighted by Gasteiger charge is -2.38. The summed E-state index contributed by atoms with van der Waals surface area (Å²) in [5.41, 5.74) is 3.21. The van der Waals surface area contributed by atoms with Crippen molar-refractivity contribution in [3.63, 3.8) is 0 Å². The molecule has 0 aromatic heterocycles. The number of anilines is 1. The third kappa shape index (κ3) is 5.28. The molecule has 0 bridgehead atoms. The maximum absolute atomic E-state index is 14.5. The quantitative estimate of drug-likeness (QED) is 0.473. The third-order valence-corrected chi connectivity index (χ3v) is 7.91. The van der Waals surface area contributed by atoms with Crippen LogP contribution in [0.2, 0.25) is 0 Å². The van der Waals surface area contributed by atoms with E-state index < -0.39 is 17.6 Å². The van der Waals surface area contributed by atoms with Crippen LogP contribution in [0.4, 0.5) is 10.1 Å². The summed E-state index contributed by atoms with van der Waals surface area (Å²) in [5, 5.41) is 0. The van der Waals surface area contributed by atoms with Crippen molar-refractivity contribution in [3.8, 4) is 11.5 Å². The first-order chi connectivity index (χ1) is 18.9. The average molecular weight is 532 g/mol. The van der Waals surface area contributed by atoms with Crippen LogP contribution in [0.25, 0.3) is 0 Å². The van der Waals surface area contributed by atoms with Gasteiger partial charge in [0.1, 0.15) is 17.3 Å². The van der Waals surface area contributed by atoms with Crippen molar-refractivity contribution in [2.45, 2.75) is 12.8 Å². The van der Waals surface area contributed by atoms with E-state index in [2.05, 4.69) is 24.0 Å². The minimum Gasteiger partial charge on any atom is -0.497 e. The zero-order valence-electron chi connectivity index (χ0n) is 22.6. The number of amides is 2. The molecule has 8 heteroatoms. The van der Waals surface area contributed by atoms with Crippen LogP contribution in [-0.4, -0.2) is 75.1 Å². The number of nitrogens with zero attached hydrogens (tertiary/aromatic N) is 3. The van der Waals surface area contributed by atoms with E-state index in [4.69, 9.17) is 9.47 Å². The van der Waals surface area contributed by atoms with E-state index in [-0.39, 0.29) is 30.5 Å². The Morgan fingerprint density at radius 3 is 2.26 bits per heavy atom. The van der Waals surface area contributed by atoms with Crippen LogP contribution in [0.3, 0.4) is 0 Å². The largest absolute Gasteiger partial charge is 0.497 e. The Bertz CT molecular complexity index is 1360. The number of ether oxygens (including phenoxy) is 2. The van der Waals surface area contributed by atoms with Crippen LogP contribution in [0.5, 0.6) is 11.5 Å². The van der Waals surface area contributed by atoms with Crippen molar-refractivity contribution in [2.24, 2.45) is 5.92 Å². The van der Waals surface area contributed by atoms with Crippen LogP contribution < -0.4 is 14.4 Å². The highest BCUT2D eigenvalue weighted by Crippen LogP contribution is 2.41. The summed E-state index contributed by atoms with van der Waals surface area (Å²) in [5.74, 6) is -0.539. The van der Waals surface area contributed by atoms with Crippen molar-refractivity contribution < 1.29 is 23.5 Å². The number of halogens is 1. The summed E-state index contributed by atoms with van der Waals surface area (Å²) in [6.45, 7) is 5.21. The molecule has 2 amide bonds. The molecule has 0 aliphatic carbocycles. The van der Waals surface area contributed by atoms with E-state index in [1.54, 1.807) is 37.3 Å². The minimum atomic E-state index is -0.569. The normalized spacial score (nSPS) is 19.2. The number of aryl methyl sites for hydroxylation is 1. The molecule has 5 rings (SSSR count). The van der Waals surface area contributed by atoms with Gasteiger partial charge in [-0.1, -0.05) is 30.3 Å². The lowest BCUT2D eigenvalue weighted by atomic mass is 9.87. The Hall–Kier alpha value is -4.07. The summed E-state index contributed by atoms with van der Waals surface area (Å²) in [4.78, 5) is 33.2. The number of hydrogen-bond acceptors (Lipinski definition) is 5. The predicted octanol–water partition coefficient (Wildman–Crippen LogP) is 4.36. The standard InChI is InChI=1S/C31H34FN3O4/c1-21-8-4-7-11-28(21)33-14-16-34(17-15-33)31(37)26-20-35(30(36)23-9-5-6-10-27(23)32)19-25(26)24-18-22(38-2)12-13-29(24)39-3/h4-13,18,25-26H,14-17,19-20H2,1-3H3. The van der Waals surface area contributed by atoms with Crippen LogP contribution >= 0.6 is 0 Å². The van der Waals surface area contributed by atoms with Crippen molar-refractivity contribution in [1.29, 1.82) is 0 Å². The van der Waals surface area contributed by atoms with Gasteiger partial charge in [-0.3, -0.25) is 9.59 Å². The van der Waals surface area contributed by atoms with Gasteiger partial charge in [-0.2, -0.15) is 0 Å². The first-order valence-electron chi connectivity index (χ1n) is 13.3. The number of para-hydroxylation sites is 1. The predicted molar refractivity (Wildman–Crippen MR) is 148 cm³/mol. The van der Waals surface area contributed by atoms with Gasteiger partial charge in [-0.25, -0.2) is 4.39 Å². The Balaban J connectivity index is 1.41. The highest BCUT2D eigenvalue weighted by molar-refractivity contribution is 5.95. The summed E-state index contributed by atoms with van der Waals surface area (Å²) in [6, 6.07) is 19.7. The fourth-order valence-corrected chi connectivity index (χ4v) is 5.79. The molecule has 0 N–H and O–H groups in total. The molecule has 0 spiro atoms. The van der Waals surface area contributed by atoms with Crippen molar-refractivity contribution in [2.75, 3.05) is 58.4 Å². The highest BCUT2D eigenvalue weighted by atomic mass is 19.1. The number of rotatable bonds is 6. The Kier molecular flexibility index (Phi) is 7.72. The number of methoxy groups -OCH3 is 2. The lowest BCUT2D eigenvalue weighted by molar-refractivity contribution is -0.135. The first-order valence-corrected chi connectivity index (χ1v) is 13.3. The van der Waals surface area contributed by atoms with Crippen LogP contribution in [0, 0.1) is 18.7 Å². The lowest BCUT2D eigenvalue weighted by Crippen LogP contribution is -2.51. The fourth-order valence-electron chi connectivity index (χ4n) is 5.79. The molecule has 2 heterocycles. The van der Waals surface area contributed by atoms with Gasteiger partial charge in [0, 0.05) is 56.4 Å². The molecule has 7 nitrogen and oxygen atoms in total. The van der Waals surface area contributed by atoms with E-state index >= 15 is 0 Å². The zero-order chi connectivity index (χ0) is 27.5. The summed E-state index contributed by atoms with van der Waals surface area (Å²) in [6.07, 6.45) is 0. The molecule has 2 unspecified atom stereocenters. The van der Waals surface area contributed by atoms with Crippen LogP contribution in [0.15, 0.2) is 66.7 Å².